The molecule has 0 aromatic heterocycles. The van der Waals surface area contributed by atoms with Gasteiger partial charge in [0.1, 0.15) is 0 Å². The first-order chi connectivity index (χ1) is 6.15. The quantitative estimate of drug-likeness (QED) is 0.678. The van der Waals surface area contributed by atoms with E-state index in [0.29, 0.717) is 0 Å². The van der Waals surface area contributed by atoms with Crippen molar-refractivity contribution in [3.63, 3.8) is 0 Å². The van der Waals surface area contributed by atoms with Crippen LogP contribution < -0.4 is 5.32 Å². The van der Waals surface area contributed by atoms with Gasteiger partial charge in [-0.25, -0.2) is 0 Å². The Balaban J connectivity index is 2.54. The van der Waals surface area contributed by atoms with Crippen molar-refractivity contribution in [2.45, 2.75) is 32.7 Å². The largest absolute Gasteiger partial charge is 0.345 e. The maximum Gasteiger partial charge on any atom is 0.242 e. The molecule has 1 saturated heterocycles. The molecule has 1 unspecified atom stereocenters. The van der Waals surface area contributed by atoms with Crippen molar-refractivity contribution in [2.24, 2.45) is 0 Å². The zero-order valence-electron chi connectivity index (χ0n) is 8.17. The van der Waals surface area contributed by atoms with E-state index >= 15 is 0 Å². The van der Waals surface area contributed by atoms with Crippen molar-refractivity contribution in [1.29, 1.82) is 0 Å². The summed E-state index contributed by atoms with van der Waals surface area (Å²) >= 11 is 0. The van der Waals surface area contributed by atoms with Gasteiger partial charge in [-0.3, -0.25) is 9.59 Å². The number of rotatable bonds is 3. The van der Waals surface area contributed by atoms with Gasteiger partial charge < -0.3 is 10.2 Å². The number of carbonyl (C=O) groups is 2. The van der Waals surface area contributed by atoms with E-state index in [1.54, 1.807) is 4.90 Å². The van der Waals surface area contributed by atoms with Gasteiger partial charge in [0.25, 0.3) is 0 Å². The lowest BCUT2D eigenvalue weighted by Gasteiger charge is -2.31. The summed E-state index contributed by atoms with van der Waals surface area (Å²) in [5, 5.41) is 2.53. The summed E-state index contributed by atoms with van der Waals surface area (Å²) in [6.07, 6.45) is 1.99. The van der Waals surface area contributed by atoms with Crippen molar-refractivity contribution in [3.05, 3.63) is 0 Å². The van der Waals surface area contributed by atoms with Crippen molar-refractivity contribution in [3.8, 4) is 0 Å². The Bertz CT molecular complexity index is 216. The predicted molar refractivity (Wildman–Crippen MR) is 49.1 cm³/mol. The lowest BCUT2D eigenvalue weighted by molar-refractivity contribution is -0.142. The summed E-state index contributed by atoms with van der Waals surface area (Å²) in [5.41, 5.74) is 0. The molecule has 1 heterocycles. The SMILES string of the molecule is CCCC(C)N1CC(=O)NCC1=O. The Hall–Kier alpha value is -1.06. The van der Waals surface area contributed by atoms with Crippen LogP contribution in [0.3, 0.4) is 0 Å². The van der Waals surface area contributed by atoms with E-state index in [2.05, 4.69) is 12.2 Å². The summed E-state index contributed by atoms with van der Waals surface area (Å²) < 4.78 is 0. The normalized spacial score (nSPS) is 20.0. The summed E-state index contributed by atoms with van der Waals surface area (Å²) in [6, 6.07) is 0.184. The van der Waals surface area contributed by atoms with Crippen molar-refractivity contribution >= 4 is 11.8 Å². The second-order valence-corrected chi connectivity index (χ2v) is 3.44. The number of hydrogen-bond donors (Lipinski definition) is 1. The van der Waals surface area contributed by atoms with Crippen LogP contribution >= 0.6 is 0 Å². The maximum atomic E-state index is 11.4. The van der Waals surface area contributed by atoms with Gasteiger partial charge in [-0.2, -0.15) is 0 Å². The summed E-state index contributed by atoms with van der Waals surface area (Å²) in [6.45, 7) is 4.44. The molecular weight excluding hydrogens is 168 g/mol. The van der Waals surface area contributed by atoms with Gasteiger partial charge in [-0.1, -0.05) is 13.3 Å². The van der Waals surface area contributed by atoms with Gasteiger partial charge in [-0.05, 0) is 13.3 Å². The van der Waals surface area contributed by atoms with Gasteiger partial charge in [0, 0.05) is 6.04 Å². The lowest BCUT2D eigenvalue weighted by Crippen LogP contribution is -2.54. The van der Waals surface area contributed by atoms with Crippen molar-refractivity contribution in [1.82, 2.24) is 10.2 Å². The molecule has 0 spiro atoms. The van der Waals surface area contributed by atoms with Gasteiger partial charge in [-0.15, -0.1) is 0 Å². The zero-order valence-corrected chi connectivity index (χ0v) is 8.17. The highest BCUT2D eigenvalue weighted by molar-refractivity contribution is 5.92. The van der Waals surface area contributed by atoms with Gasteiger partial charge >= 0.3 is 0 Å². The van der Waals surface area contributed by atoms with Crippen LogP contribution in [0.25, 0.3) is 0 Å². The van der Waals surface area contributed by atoms with Gasteiger partial charge in [0.05, 0.1) is 13.1 Å². The molecule has 0 radical (unpaired) electrons. The highest BCUT2D eigenvalue weighted by Crippen LogP contribution is 2.08. The fourth-order valence-electron chi connectivity index (χ4n) is 1.55. The molecule has 13 heavy (non-hydrogen) atoms. The first-order valence-electron chi connectivity index (χ1n) is 4.71. The third-order valence-electron chi connectivity index (χ3n) is 2.31. The highest BCUT2D eigenvalue weighted by Gasteiger charge is 2.26. The van der Waals surface area contributed by atoms with Crippen molar-refractivity contribution < 1.29 is 9.59 Å². The predicted octanol–water partition coefficient (Wildman–Crippen LogP) is 0.133. The second-order valence-electron chi connectivity index (χ2n) is 3.44. The minimum Gasteiger partial charge on any atom is -0.345 e. The Labute approximate surface area is 78.3 Å². The lowest BCUT2D eigenvalue weighted by atomic mass is 10.1. The standard InChI is InChI=1S/C9H16N2O2/c1-3-4-7(2)11-6-8(12)10-5-9(11)13/h7H,3-6H2,1-2H3,(H,10,12). The fourth-order valence-corrected chi connectivity index (χ4v) is 1.55. The highest BCUT2D eigenvalue weighted by atomic mass is 16.2. The Morgan fingerprint density at radius 1 is 1.54 bits per heavy atom. The molecule has 1 aliphatic heterocycles. The first kappa shape index (κ1) is 10.0. The van der Waals surface area contributed by atoms with E-state index < -0.39 is 0 Å². The van der Waals surface area contributed by atoms with E-state index in [1.165, 1.54) is 0 Å². The molecule has 1 aliphatic rings. The Morgan fingerprint density at radius 3 is 2.85 bits per heavy atom. The van der Waals surface area contributed by atoms with E-state index in [1.807, 2.05) is 6.92 Å². The third-order valence-corrected chi connectivity index (χ3v) is 2.31. The molecular formula is C9H16N2O2. The average Bonchev–Trinajstić information content (AvgIpc) is 2.09. The van der Waals surface area contributed by atoms with E-state index in [4.69, 9.17) is 0 Å². The number of nitrogens with one attached hydrogen (secondary N) is 1. The average molecular weight is 184 g/mol. The van der Waals surface area contributed by atoms with Crippen LogP contribution in [0.2, 0.25) is 0 Å². The van der Waals surface area contributed by atoms with Crippen LogP contribution in [0, 0.1) is 0 Å². The molecule has 2 amide bonds. The number of nitrogens with zero attached hydrogens (tertiary/aromatic N) is 1. The van der Waals surface area contributed by atoms with Crippen molar-refractivity contribution in [2.75, 3.05) is 13.1 Å². The molecule has 4 heteroatoms. The minimum atomic E-state index is -0.0532. The third kappa shape index (κ3) is 2.44. The zero-order chi connectivity index (χ0) is 9.84. The molecule has 1 atom stereocenters. The van der Waals surface area contributed by atoms with E-state index in [-0.39, 0.29) is 30.9 Å². The molecule has 0 saturated carbocycles. The van der Waals surface area contributed by atoms with Crippen LogP contribution in [0.5, 0.6) is 0 Å². The molecule has 4 nitrogen and oxygen atoms in total. The number of piperazine rings is 1. The molecule has 0 aromatic rings. The molecule has 0 bridgehead atoms. The van der Waals surface area contributed by atoms with Gasteiger partial charge in [0.15, 0.2) is 0 Å². The number of amides is 2. The smallest absolute Gasteiger partial charge is 0.242 e. The summed E-state index contributed by atoms with van der Waals surface area (Å²) in [5.74, 6) is -0.0249. The van der Waals surface area contributed by atoms with Crippen LogP contribution in [-0.4, -0.2) is 35.8 Å². The van der Waals surface area contributed by atoms with E-state index in [9.17, 15) is 9.59 Å². The molecule has 1 fully saturated rings. The monoisotopic (exact) mass is 184 g/mol. The topological polar surface area (TPSA) is 49.4 Å². The maximum absolute atomic E-state index is 11.4. The summed E-state index contributed by atoms with van der Waals surface area (Å²) in [4.78, 5) is 24.0. The van der Waals surface area contributed by atoms with E-state index in [0.717, 1.165) is 12.8 Å². The molecule has 74 valence electrons. The second kappa shape index (κ2) is 4.25. The minimum absolute atomic E-state index is 0.0283. The van der Waals surface area contributed by atoms with Crippen LogP contribution in [0.1, 0.15) is 26.7 Å². The molecule has 1 rings (SSSR count). The molecule has 0 aromatic carbocycles. The van der Waals surface area contributed by atoms with Crippen LogP contribution in [0.15, 0.2) is 0 Å². The Kier molecular flexibility index (Phi) is 3.28. The molecule has 1 N–H and O–H groups in total. The van der Waals surface area contributed by atoms with Crippen LogP contribution in [0.4, 0.5) is 0 Å². The summed E-state index contributed by atoms with van der Waals surface area (Å²) in [7, 11) is 0. The molecule has 0 aliphatic carbocycles. The van der Waals surface area contributed by atoms with Crippen LogP contribution in [-0.2, 0) is 9.59 Å². The first-order valence-corrected chi connectivity index (χ1v) is 4.71. The number of hydrogen-bond acceptors (Lipinski definition) is 2. The van der Waals surface area contributed by atoms with Gasteiger partial charge in [0.2, 0.25) is 11.8 Å². The Morgan fingerprint density at radius 2 is 2.23 bits per heavy atom. The fraction of sp³-hybridized carbons (Fsp3) is 0.778. The number of carbonyl (C=O) groups excluding carboxylic acids is 2.